The van der Waals surface area contributed by atoms with Crippen LogP contribution in [0.4, 0.5) is 5.69 Å². The molecule has 2 aromatic rings. The van der Waals surface area contributed by atoms with E-state index in [1.54, 1.807) is 12.1 Å². The summed E-state index contributed by atoms with van der Waals surface area (Å²) in [4.78, 5) is 21.8. The minimum Gasteiger partial charge on any atom is -0.357 e. The number of likely N-dealkylation sites (tertiary alicyclic amines) is 1. The van der Waals surface area contributed by atoms with Gasteiger partial charge in [-0.15, -0.1) is 0 Å². The van der Waals surface area contributed by atoms with Gasteiger partial charge in [-0.05, 0) is 44.1 Å². The van der Waals surface area contributed by atoms with Crippen molar-refractivity contribution < 1.29 is 4.92 Å². The number of nitro benzene ring substituents is 1. The Bertz CT molecular complexity index is 819. The van der Waals surface area contributed by atoms with Crippen LogP contribution in [0.2, 0.25) is 0 Å². The van der Waals surface area contributed by atoms with Gasteiger partial charge in [0.25, 0.3) is 5.69 Å². The first kappa shape index (κ1) is 21.8. The van der Waals surface area contributed by atoms with Crippen molar-refractivity contribution in [3.8, 4) is 0 Å². The number of nitrogens with one attached hydrogen (secondary N) is 1. The Morgan fingerprint density at radius 1 is 1.33 bits per heavy atom. The van der Waals surface area contributed by atoms with Gasteiger partial charge in [-0.1, -0.05) is 19.1 Å². The van der Waals surface area contributed by atoms with Gasteiger partial charge in [-0.25, -0.2) is 4.98 Å². The molecule has 0 saturated carbocycles. The Morgan fingerprint density at radius 3 is 2.80 bits per heavy atom. The van der Waals surface area contributed by atoms with Gasteiger partial charge in [-0.3, -0.25) is 15.1 Å². The zero-order valence-electron chi connectivity index (χ0n) is 17.9. The zero-order chi connectivity index (χ0) is 21.3. The van der Waals surface area contributed by atoms with Crippen LogP contribution in [0.3, 0.4) is 0 Å². The van der Waals surface area contributed by atoms with Crippen molar-refractivity contribution in [1.82, 2.24) is 19.8 Å². The first-order valence-electron chi connectivity index (χ1n) is 10.8. The van der Waals surface area contributed by atoms with Crippen LogP contribution in [0.5, 0.6) is 0 Å². The third-order valence-corrected chi connectivity index (χ3v) is 5.74. The number of guanidine groups is 1. The number of aliphatic imine (C=N–C) groups is 1. The highest BCUT2D eigenvalue weighted by Gasteiger charge is 2.28. The van der Waals surface area contributed by atoms with E-state index in [0.29, 0.717) is 12.0 Å². The Kier molecular flexibility index (Phi) is 7.82. The average molecular weight is 413 g/mol. The second-order valence-electron chi connectivity index (χ2n) is 7.91. The maximum absolute atomic E-state index is 10.7. The summed E-state index contributed by atoms with van der Waals surface area (Å²) >= 11 is 0. The van der Waals surface area contributed by atoms with Crippen LogP contribution in [-0.2, 0) is 6.42 Å². The van der Waals surface area contributed by atoms with Gasteiger partial charge in [0, 0.05) is 50.7 Å². The van der Waals surface area contributed by atoms with E-state index in [1.807, 2.05) is 30.9 Å². The lowest BCUT2D eigenvalue weighted by molar-refractivity contribution is -0.384. The lowest BCUT2D eigenvalue weighted by atomic mass is 9.93. The maximum Gasteiger partial charge on any atom is 0.269 e. The number of nitro groups is 1. The second-order valence-corrected chi connectivity index (χ2v) is 7.91. The fourth-order valence-electron chi connectivity index (χ4n) is 3.93. The molecule has 1 aromatic heterocycles. The van der Waals surface area contributed by atoms with E-state index in [0.717, 1.165) is 63.4 Å². The number of nitrogens with zero attached hydrogens (tertiary/aromatic N) is 5. The molecule has 8 nitrogen and oxygen atoms in total. The number of non-ortho nitro benzene ring substituents is 1. The van der Waals surface area contributed by atoms with Crippen LogP contribution >= 0.6 is 0 Å². The van der Waals surface area contributed by atoms with Crippen molar-refractivity contribution in [3.63, 3.8) is 0 Å². The van der Waals surface area contributed by atoms with E-state index in [1.165, 1.54) is 0 Å². The van der Waals surface area contributed by atoms with Crippen molar-refractivity contribution in [3.05, 3.63) is 58.7 Å². The fourth-order valence-corrected chi connectivity index (χ4v) is 3.93. The summed E-state index contributed by atoms with van der Waals surface area (Å²) in [6, 6.07) is 7.25. The van der Waals surface area contributed by atoms with Crippen LogP contribution in [0, 0.1) is 16.0 Å². The Labute approximate surface area is 178 Å². The molecular formula is C22H32N6O2. The van der Waals surface area contributed by atoms with Crippen molar-refractivity contribution in [1.29, 1.82) is 0 Å². The number of imidazole rings is 1. The summed E-state index contributed by atoms with van der Waals surface area (Å²) in [5.74, 6) is 1.60. The van der Waals surface area contributed by atoms with Gasteiger partial charge in [0.15, 0.2) is 5.96 Å². The summed E-state index contributed by atoms with van der Waals surface area (Å²) in [7, 11) is 0. The summed E-state index contributed by atoms with van der Waals surface area (Å²) < 4.78 is 2.21. The maximum atomic E-state index is 10.7. The molecule has 2 atom stereocenters. The number of hydrogen-bond donors (Lipinski definition) is 1. The Hall–Kier alpha value is -2.90. The Balaban J connectivity index is 1.51. The molecule has 1 N–H and O–H groups in total. The topological polar surface area (TPSA) is 88.6 Å². The molecule has 2 unspecified atom stereocenters. The normalized spacial score (nSPS) is 19.7. The van der Waals surface area contributed by atoms with Crippen molar-refractivity contribution >= 4 is 11.6 Å². The van der Waals surface area contributed by atoms with Crippen molar-refractivity contribution in [2.75, 3.05) is 26.2 Å². The lowest BCUT2D eigenvalue weighted by Gasteiger charge is -2.39. The molecule has 3 rings (SSSR count). The predicted molar refractivity (Wildman–Crippen MR) is 119 cm³/mol. The molecule has 0 bridgehead atoms. The zero-order valence-corrected chi connectivity index (χ0v) is 17.9. The first-order chi connectivity index (χ1) is 14.6. The average Bonchev–Trinajstić information content (AvgIpc) is 3.28. The van der Waals surface area contributed by atoms with Gasteiger partial charge >= 0.3 is 0 Å². The van der Waals surface area contributed by atoms with E-state index in [-0.39, 0.29) is 10.6 Å². The van der Waals surface area contributed by atoms with Crippen LogP contribution < -0.4 is 5.32 Å². The second kappa shape index (κ2) is 10.8. The third-order valence-electron chi connectivity index (χ3n) is 5.74. The highest BCUT2D eigenvalue weighted by molar-refractivity contribution is 5.80. The van der Waals surface area contributed by atoms with E-state index < -0.39 is 0 Å². The SMILES string of the molecule is CCNC(=NCCCCc1ccc([N+](=O)[O-])cc1)N1CCC(C)C(n2ccnc2)C1. The molecule has 1 aromatic carbocycles. The van der Waals surface area contributed by atoms with Gasteiger partial charge in [0.05, 0.1) is 17.3 Å². The number of rotatable bonds is 8. The van der Waals surface area contributed by atoms with Gasteiger partial charge in [0.2, 0.25) is 0 Å². The van der Waals surface area contributed by atoms with E-state index in [4.69, 9.17) is 4.99 Å². The number of unbranched alkanes of at least 4 members (excludes halogenated alkanes) is 1. The highest BCUT2D eigenvalue weighted by atomic mass is 16.6. The van der Waals surface area contributed by atoms with Crippen molar-refractivity contribution in [2.24, 2.45) is 10.9 Å². The van der Waals surface area contributed by atoms with E-state index in [9.17, 15) is 10.1 Å². The molecule has 162 valence electrons. The van der Waals surface area contributed by atoms with E-state index in [2.05, 4.69) is 33.6 Å². The van der Waals surface area contributed by atoms with Crippen LogP contribution in [-0.4, -0.2) is 51.5 Å². The summed E-state index contributed by atoms with van der Waals surface area (Å²) in [5.41, 5.74) is 1.27. The molecule has 2 heterocycles. The molecule has 8 heteroatoms. The monoisotopic (exact) mass is 412 g/mol. The van der Waals surface area contributed by atoms with Gasteiger partial charge < -0.3 is 14.8 Å². The lowest BCUT2D eigenvalue weighted by Crippen LogP contribution is -2.49. The molecule has 1 aliphatic rings. The number of aromatic nitrogens is 2. The van der Waals surface area contributed by atoms with E-state index >= 15 is 0 Å². The van der Waals surface area contributed by atoms with Gasteiger partial charge in [-0.2, -0.15) is 0 Å². The van der Waals surface area contributed by atoms with Gasteiger partial charge in [0.1, 0.15) is 0 Å². The van der Waals surface area contributed by atoms with Crippen LogP contribution in [0.25, 0.3) is 0 Å². The number of hydrogen-bond acceptors (Lipinski definition) is 4. The quantitative estimate of drug-likeness (QED) is 0.235. The summed E-state index contributed by atoms with van der Waals surface area (Å²) in [6.07, 6.45) is 9.84. The fraction of sp³-hybridized carbons (Fsp3) is 0.545. The molecule has 0 aliphatic carbocycles. The van der Waals surface area contributed by atoms with Crippen LogP contribution in [0.15, 0.2) is 48.0 Å². The first-order valence-corrected chi connectivity index (χ1v) is 10.8. The largest absolute Gasteiger partial charge is 0.357 e. The predicted octanol–water partition coefficient (Wildman–Crippen LogP) is 3.66. The molecule has 1 fully saturated rings. The molecular weight excluding hydrogens is 380 g/mol. The van der Waals surface area contributed by atoms with Crippen molar-refractivity contribution in [2.45, 2.75) is 45.6 Å². The molecule has 30 heavy (non-hydrogen) atoms. The molecule has 0 amide bonds. The minimum atomic E-state index is -0.362. The number of aryl methyl sites for hydroxylation is 1. The highest BCUT2D eigenvalue weighted by Crippen LogP contribution is 2.27. The summed E-state index contributed by atoms with van der Waals surface area (Å²) in [5, 5.41) is 14.2. The smallest absolute Gasteiger partial charge is 0.269 e. The Morgan fingerprint density at radius 2 is 2.13 bits per heavy atom. The number of piperidine rings is 1. The third kappa shape index (κ3) is 5.81. The molecule has 0 spiro atoms. The standard InChI is InChI=1S/C22H32N6O2/c1-3-24-22(26-14-11-18(2)21(16-26)27-15-13-23-17-27)25-12-5-4-6-19-7-9-20(10-8-19)28(29)30/h7-10,13,15,17-18,21H,3-6,11-12,14,16H2,1-2H3,(H,24,25). The molecule has 1 saturated heterocycles. The van der Waals surface area contributed by atoms with Crippen LogP contribution in [0.1, 0.15) is 44.7 Å². The minimum absolute atomic E-state index is 0.142. The summed E-state index contributed by atoms with van der Waals surface area (Å²) in [6.45, 7) is 7.99. The molecule has 0 radical (unpaired) electrons. The number of benzene rings is 1. The molecule has 1 aliphatic heterocycles.